The molecule has 0 saturated carbocycles. The minimum Gasteiger partial charge on any atom is -0.491 e. The Hall–Kier alpha value is -1.27. The number of ether oxygens (including phenoxy) is 1. The van der Waals surface area contributed by atoms with Gasteiger partial charge in [-0.1, -0.05) is 77.6 Å². The van der Waals surface area contributed by atoms with E-state index in [-0.39, 0.29) is 6.42 Å². The van der Waals surface area contributed by atoms with Crippen LogP contribution in [0.3, 0.4) is 0 Å². The Morgan fingerprint density at radius 3 is 1.39 bits per heavy atom. The summed E-state index contributed by atoms with van der Waals surface area (Å²) in [6, 6.07) is 0. The number of hydrogen-bond donors (Lipinski definition) is 0. The molecule has 0 aromatic carbocycles. The van der Waals surface area contributed by atoms with Crippen molar-refractivity contribution in [2.75, 3.05) is 6.61 Å². The van der Waals surface area contributed by atoms with Crippen molar-refractivity contribution < 1.29 is 57.8 Å². The molecule has 0 fully saturated rings. The van der Waals surface area contributed by atoms with Crippen molar-refractivity contribution in [1.29, 1.82) is 0 Å². The molecule has 0 heterocycles. The maximum Gasteiger partial charge on any atom is 0.460 e. The molecular weight excluding hydrogens is 541 g/mol. The smallest absolute Gasteiger partial charge is 0.460 e. The Labute approximate surface area is 207 Å². The molecule has 0 aliphatic heterocycles. The summed E-state index contributed by atoms with van der Waals surface area (Å²) in [5.74, 6) is -31.4. The van der Waals surface area contributed by atoms with Gasteiger partial charge in [0.15, 0.2) is 5.76 Å². The number of alkyl halides is 11. The van der Waals surface area contributed by atoms with Crippen molar-refractivity contribution >= 4 is 16.8 Å². The van der Waals surface area contributed by atoms with Gasteiger partial charge in [0.25, 0.3) is 0 Å². The first-order valence-corrected chi connectivity index (χ1v) is 11.9. The monoisotopic (exact) mass is 570 g/mol. The molecule has 0 spiro atoms. The first-order valence-electron chi connectivity index (χ1n) is 11.5. The SMILES string of the molecule is CCCCCCCCCCCCCCO/C(=C\C(=O)Cl)C(F)(F)C(F)(F)C(F)(F)C(F)(F)C(F)(F)F. The maximum atomic E-state index is 14.2. The van der Waals surface area contributed by atoms with E-state index in [1.54, 1.807) is 0 Å². The molecule has 0 aliphatic carbocycles. The lowest BCUT2D eigenvalue weighted by molar-refractivity contribution is -0.420. The minimum absolute atomic E-state index is 0.0818. The second kappa shape index (κ2) is 14.6. The molecule has 36 heavy (non-hydrogen) atoms. The summed E-state index contributed by atoms with van der Waals surface area (Å²) in [5, 5.41) is -1.93. The number of rotatable bonds is 19. The molecule has 0 rings (SSSR count). The van der Waals surface area contributed by atoms with Crippen LogP contribution in [0.1, 0.15) is 84.0 Å². The van der Waals surface area contributed by atoms with Gasteiger partial charge in [0, 0.05) is 6.08 Å². The fraction of sp³-hybridized carbons (Fsp3) is 0.864. The molecule has 0 bridgehead atoms. The van der Waals surface area contributed by atoms with Crippen LogP contribution in [-0.2, 0) is 9.53 Å². The quantitative estimate of drug-likeness (QED) is 0.0508. The Bertz CT molecular complexity index is 692. The van der Waals surface area contributed by atoms with Crippen molar-refractivity contribution in [3.8, 4) is 0 Å². The maximum absolute atomic E-state index is 14.2. The van der Waals surface area contributed by atoms with Crippen molar-refractivity contribution in [3.63, 3.8) is 0 Å². The molecule has 0 unspecified atom stereocenters. The number of hydrogen-bond acceptors (Lipinski definition) is 2. The van der Waals surface area contributed by atoms with Crippen LogP contribution >= 0.6 is 11.6 Å². The van der Waals surface area contributed by atoms with Crippen LogP contribution in [0.4, 0.5) is 48.3 Å². The lowest BCUT2D eigenvalue weighted by Gasteiger charge is -2.37. The minimum atomic E-state index is -7.60. The Morgan fingerprint density at radius 2 is 1.03 bits per heavy atom. The van der Waals surface area contributed by atoms with Crippen molar-refractivity contribution in [2.24, 2.45) is 0 Å². The summed E-state index contributed by atoms with van der Waals surface area (Å²) in [5.41, 5.74) is 0. The summed E-state index contributed by atoms with van der Waals surface area (Å²) in [7, 11) is 0. The summed E-state index contributed by atoms with van der Waals surface area (Å²) < 4.78 is 150. The van der Waals surface area contributed by atoms with Crippen LogP contribution in [0.2, 0.25) is 0 Å². The lowest BCUT2D eigenvalue weighted by atomic mass is 9.96. The van der Waals surface area contributed by atoms with Gasteiger partial charge < -0.3 is 4.74 Å². The third-order valence-corrected chi connectivity index (χ3v) is 5.46. The van der Waals surface area contributed by atoms with Gasteiger partial charge in [0.05, 0.1) is 6.61 Å². The molecule has 2 nitrogen and oxygen atoms in total. The molecular formula is C22H30ClF11O2. The Morgan fingerprint density at radius 1 is 0.639 bits per heavy atom. The first-order chi connectivity index (χ1) is 16.4. The molecule has 0 N–H and O–H groups in total. The second-order valence-electron chi connectivity index (χ2n) is 8.35. The van der Waals surface area contributed by atoms with Crippen LogP contribution in [0, 0.1) is 0 Å². The van der Waals surface area contributed by atoms with E-state index in [1.807, 2.05) is 0 Å². The van der Waals surface area contributed by atoms with Gasteiger partial charge in [-0.05, 0) is 18.0 Å². The highest BCUT2D eigenvalue weighted by atomic mass is 35.5. The standard InChI is InChI=1S/C22H30ClF11O2/c1-2-3-4-5-6-7-8-9-10-11-12-13-14-36-16(15-17(23)35)18(24,25)19(26,27)20(28,29)21(30,31)22(32,33)34/h15H,2-14H2,1H3/b16-15-. The fourth-order valence-electron chi connectivity index (χ4n) is 3.18. The predicted molar refractivity (Wildman–Crippen MR) is 112 cm³/mol. The number of carbonyl (C=O) groups excluding carboxylic acids is 1. The topological polar surface area (TPSA) is 26.3 Å². The van der Waals surface area contributed by atoms with Crippen LogP contribution in [0.5, 0.6) is 0 Å². The van der Waals surface area contributed by atoms with Crippen molar-refractivity contribution in [2.45, 2.75) is 114 Å². The Kier molecular flexibility index (Phi) is 14.1. The van der Waals surface area contributed by atoms with Gasteiger partial charge >= 0.3 is 29.9 Å². The molecule has 14 heteroatoms. The average Bonchev–Trinajstić information content (AvgIpc) is 2.74. The Balaban J connectivity index is 4.95. The number of allylic oxidation sites excluding steroid dienone is 2. The summed E-state index contributed by atoms with van der Waals surface area (Å²) in [6.45, 7) is 1.28. The highest BCUT2D eigenvalue weighted by Crippen LogP contribution is 2.58. The van der Waals surface area contributed by atoms with E-state index >= 15 is 0 Å². The zero-order valence-electron chi connectivity index (χ0n) is 19.6. The summed E-state index contributed by atoms with van der Waals surface area (Å²) in [4.78, 5) is 10.9. The zero-order chi connectivity index (χ0) is 28.3. The molecule has 0 aromatic rings. The molecule has 0 aliphatic rings. The van der Waals surface area contributed by atoms with Gasteiger partial charge in [-0.25, -0.2) is 0 Å². The molecule has 0 amide bonds. The zero-order valence-corrected chi connectivity index (χ0v) is 20.4. The van der Waals surface area contributed by atoms with Gasteiger partial charge in [-0.15, -0.1) is 0 Å². The normalized spacial score (nSPS) is 14.3. The summed E-state index contributed by atoms with van der Waals surface area (Å²) >= 11 is 4.77. The first kappa shape index (κ1) is 34.7. The third kappa shape index (κ3) is 9.24. The van der Waals surface area contributed by atoms with Crippen LogP contribution in [0.25, 0.3) is 0 Å². The number of halogens is 12. The highest BCUT2D eigenvalue weighted by molar-refractivity contribution is 6.66. The van der Waals surface area contributed by atoms with Crippen LogP contribution in [-0.4, -0.2) is 41.7 Å². The van der Waals surface area contributed by atoms with Crippen LogP contribution < -0.4 is 0 Å². The molecule has 0 saturated heterocycles. The third-order valence-electron chi connectivity index (χ3n) is 5.35. The lowest BCUT2D eigenvalue weighted by Crippen LogP contribution is -2.66. The van der Waals surface area contributed by atoms with E-state index in [4.69, 9.17) is 11.6 Å². The molecule has 0 radical (unpaired) electrons. The van der Waals surface area contributed by atoms with E-state index in [0.717, 1.165) is 44.9 Å². The average molecular weight is 571 g/mol. The number of unbranched alkanes of at least 4 members (excludes halogenated alkanes) is 11. The highest BCUT2D eigenvalue weighted by Gasteiger charge is 2.88. The van der Waals surface area contributed by atoms with E-state index in [9.17, 15) is 53.1 Å². The van der Waals surface area contributed by atoms with Gasteiger partial charge in [-0.3, -0.25) is 4.79 Å². The van der Waals surface area contributed by atoms with Gasteiger partial charge in [0.1, 0.15) is 0 Å². The van der Waals surface area contributed by atoms with E-state index in [0.29, 0.717) is 12.8 Å². The van der Waals surface area contributed by atoms with E-state index in [1.165, 1.54) is 12.8 Å². The van der Waals surface area contributed by atoms with Crippen LogP contribution in [0.15, 0.2) is 11.8 Å². The van der Waals surface area contributed by atoms with Crippen molar-refractivity contribution in [3.05, 3.63) is 11.8 Å². The van der Waals surface area contributed by atoms with Gasteiger partial charge in [0.2, 0.25) is 5.24 Å². The summed E-state index contributed by atoms with van der Waals surface area (Å²) in [6.07, 6.45) is 2.39. The second-order valence-corrected chi connectivity index (χ2v) is 8.72. The molecule has 0 atom stereocenters. The van der Waals surface area contributed by atoms with Crippen molar-refractivity contribution in [1.82, 2.24) is 0 Å². The largest absolute Gasteiger partial charge is 0.491 e. The molecule has 214 valence electrons. The fourth-order valence-corrected chi connectivity index (χ4v) is 3.28. The van der Waals surface area contributed by atoms with Gasteiger partial charge in [-0.2, -0.15) is 48.3 Å². The number of carbonyl (C=O) groups is 1. The van der Waals surface area contributed by atoms with E-state index in [2.05, 4.69) is 11.7 Å². The van der Waals surface area contributed by atoms with E-state index < -0.39 is 53.6 Å². The predicted octanol–water partition coefficient (Wildman–Crippen LogP) is 9.46. The molecule has 0 aromatic heterocycles.